The minimum atomic E-state index is -4.34. The van der Waals surface area contributed by atoms with E-state index in [2.05, 4.69) is 9.80 Å². The second kappa shape index (κ2) is 9.27. The maximum atomic E-state index is 13.3. The molecule has 0 aromatic heterocycles. The van der Waals surface area contributed by atoms with Gasteiger partial charge in [0.25, 0.3) is 0 Å². The molecule has 2 fully saturated rings. The van der Waals surface area contributed by atoms with Crippen molar-refractivity contribution < 1.29 is 22.7 Å². The second-order valence-corrected chi connectivity index (χ2v) is 9.63. The van der Waals surface area contributed by atoms with Crippen LogP contribution in [-0.2, 0) is 17.5 Å². The van der Waals surface area contributed by atoms with Crippen LogP contribution in [0.1, 0.15) is 57.6 Å². The highest BCUT2D eigenvalue weighted by Gasteiger charge is 2.33. The first kappa shape index (κ1) is 23.7. The van der Waals surface area contributed by atoms with Gasteiger partial charge < -0.3 is 14.5 Å². The predicted molar refractivity (Wildman–Crippen MR) is 115 cm³/mol. The van der Waals surface area contributed by atoms with Crippen molar-refractivity contribution in [3.8, 4) is 0 Å². The summed E-state index contributed by atoms with van der Waals surface area (Å²) < 4.78 is 45.2. The van der Waals surface area contributed by atoms with Crippen molar-refractivity contribution in [3.63, 3.8) is 0 Å². The van der Waals surface area contributed by atoms with Crippen molar-refractivity contribution in [1.82, 2.24) is 9.80 Å². The summed E-state index contributed by atoms with van der Waals surface area (Å²) in [5.74, 6) is 0. The van der Waals surface area contributed by atoms with Crippen molar-refractivity contribution in [2.45, 2.75) is 70.8 Å². The predicted octanol–water partition coefficient (Wildman–Crippen LogP) is 5.14. The summed E-state index contributed by atoms with van der Waals surface area (Å²) in [7, 11) is 1.77. The van der Waals surface area contributed by atoms with Crippen LogP contribution in [0.4, 0.5) is 23.7 Å². The van der Waals surface area contributed by atoms with Gasteiger partial charge in [0.1, 0.15) is 5.60 Å². The Morgan fingerprint density at radius 3 is 2.26 bits per heavy atom. The van der Waals surface area contributed by atoms with Crippen molar-refractivity contribution in [1.29, 1.82) is 0 Å². The zero-order valence-corrected chi connectivity index (χ0v) is 19.0. The van der Waals surface area contributed by atoms with Gasteiger partial charge in [0.15, 0.2) is 0 Å². The van der Waals surface area contributed by atoms with Crippen LogP contribution >= 0.6 is 0 Å². The number of nitrogens with zero attached hydrogens (tertiary/aromatic N) is 3. The molecule has 174 valence electrons. The molecule has 8 heteroatoms. The van der Waals surface area contributed by atoms with E-state index in [1.165, 1.54) is 12.1 Å². The van der Waals surface area contributed by atoms with Gasteiger partial charge in [-0.25, -0.2) is 4.79 Å². The number of alkyl halides is 3. The highest BCUT2D eigenvalue weighted by molar-refractivity contribution is 5.68. The Kier molecular flexibility index (Phi) is 7.08. The zero-order chi connectivity index (χ0) is 22.8. The lowest BCUT2D eigenvalue weighted by Gasteiger charge is -2.37. The number of likely N-dealkylation sites (tertiary alicyclic amines) is 1. The van der Waals surface area contributed by atoms with Crippen molar-refractivity contribution >= 4 is 11.8 Å². The molecule has 3 rings (SSSR count). The van der Waals surface area contributed by atoms with Gasteiger partial charge in [-0.3, -0.25) is 4.90 Å². The standard InChI is InChI=1S/C23H34F3N3O2/c1-22(2,3)31-21(30)27(4)19-9-13-28(14-10-19)16-17-7-8-18(23(24,25)26)15-20(17)29-11-5-6-12-29/h7-8,15,19H,5-6,9-14,16H2,1-4H3. The lowest BCUT2D eigenvalue weighted by Crippen LogP contribution is -2.46. The zero-order valence-electron chi connectivity index (χ0n) is 19.0. The van der Waals surface area contributed by atoms with E-state index in [0.717, 1.165) is 57.4 Å². The molecular weight excluding hydrogens is 407 g/mol. The van der Waals surface area contributed by atoms with Crippen LogP contribution in [0, 0.1) is 0 Å². The Morgan fingerprint density at radius 2 is 1.71 bits per heavy atom. The van der Waals surface area contributed by atoms with Gasteiger partial charge in [-0.15, -0.1) is 0 Å². The summed E-state index contributed by atoms with van der Waals surface area (Å²) in [6.45, 7) is 9.35. The molecule has 2 aliphatic heterocycles. The van der Waals surface area contributed by atoms with Crippen LogP contribution in [0.5, 0.6) is 0 Å². The summed E-state index contributed by atoms with van der Waals surface area (Å²) in [6, 6.07) is 4.24. The lowest BCUT2D eigenvalue weighted by atomic mass is 10.0. The van der Waals surface area contributed by atoms with E-state index >= 15 is 0 Å². The van der Waals surface area contributed by atoms with E-state index in [9.17, 15) is 18.0 Å². The number of anilines is 1. The third kappa shape index (κ3) is 6.28. The summed E-state index contributed by atoms with van der Waals surface area (Å²) >= 11 is 0. The Balaban J connectivity index is 1.64. The molecule has 5 nitrogen and oxygen atoms in total. The number of piperidine rings is 1. The molecule has 2 heterocycles. The second-order valence-electron chi connectivity index (χ2n) is 9.63. The summed E-state index contributed by atoms with van der Waals surface area (Å²) in [4.78, 5) is 18.3. The first-order chi connectivity index (χ1) is 14.4. The molecule has 0 spiro atoms. The number of carbonyl (C=O) groups is 1. The Hall–Kier alpha value is -1.96. The highest BCUT2D eigenvalue weighted by atomic mass is 19.4. The molecule has 2 aliphatic rings. The number of amides is 1. The van der Waals surface area contributed by atoms with E-state index in [1.54, 1.807) is 18.0 Å². The first-order valence-electron chi connectivity index (χ1n) is 11.1. The Morgan fingerprint density at radius 1 is 1.10 bits per heavy atom. The van der Waals surface area contributed by atoms with E-state index in [-0.39, 0.29) is 12.1 Å². The number of carbonyl (C=O) groups excluding carboxylic acids is 1. The molecule has 0 radical (unpaired) electrons. The van der Waals surface area contributed by atoms with E-state index < -0.39 is 17.3 Å². The number of benzene rings is 1. The molecule has 31 heavy (non-hydrogen) atoms. The largest absolute Gasteiger partial charge is 0.444 e. The summed E-state index contributed by atoms with van der Waals surface area (Å²) in [5.41, 5.74) is 0.533. The highest BCUT2D eigenvalue weighted by Crippen LogP contribution is 2.35. The van der Waals surface area contributed by atoms with Gasteiger partial charge in [0.05, 0.1) is 5.56 Å². The Labute approximate surface area is 183 Å². The topological polar surface area (TPSA) is 36.0 Å². The molecule has 0 N–H and O–H groups in total. The summed E-state index contributed by atoms with van der Waals surface area (Å²) in [5, 5.41) is 0. The molecule has 1 aromatic rings. The first-order valence-corrected chi connectivity index (χ1v) is 11.1. The van der Waals surface area contributed by atoms with Crippen LogP contribution in [0.2, 0.25) is 0 Å². The van der Waals surface area contributed by atoms with E-state index in [4.69, 9.17) is 4.74 Å². The molecular formula is C23H34F3N3O2. The average molecular weight is 442 g/mol. The molecule has 0 saturated carbocycles. The normalized spacial score (nSPS) is 19.0. The third-order valence-corrected chi connectivity index (χ3v) is 6.04. The van der Waals surface area contributed by atoms with Crippen LogP contribution in [0.3, 0.4) is 0 Å². The number of rotatable bonds is 4. The van der Waals surface area contributed by atoms with Gasteiger partial charge in [0.2, 0.25) is 0 Å². The quantitative estimate of drug-likeness (QED) is 0.649. The minimum absolute atomic E-state index is 0.108. The monoisotopic (exact) mass is 441 g/mol. The number of ether oxygens (including phenoxy) is 1. The van der Waals surface area contributed by atoms with Crippen LogP contribution in [0.15, 0.2) is 18.2 Å². The van der Waals surface area contributed by atoms with E-state index in [1.807, 2.05) is 20.8 Å². The number of halogens is 3. The van der Waals surface area contributed by atoms with E-state index in [0.29, 0.717) is 12.2 Å². The fourth-order valence-corrected chi connectivity index (χ4v) is 4.31. The summed E-state index contributed by atoms with van der Waals surface area (Å²) in [6.07, 6.45) is -0.997. The molecule has 2 saturated heterocycles. The average Bonchev–Trinajstić information content (AvgIpc) is 3.21. The van der Waals surface area contributed by atoms with Crippen LogP contribution in [0.25, 0.3) is 0 Å². The minimum Gasteiger partial charge on any atom is -0.444 e. The fraction of sp³-hybridized carbons (Fsp3) is 0.696. The molecule has 0 atom stereocenters. The Bertz CT molecular complexity index is 762. The van der Waals surface area contributed by atoms with Crippen molar-refractivity contribution in [3.05, 3.63) is 29.3 Å². The number of hydrogen-bond donors (Lipinski definition) is 0. The van der Waals surface area contributed by atoms with Crippen molar-refractivity contribution in [2.75, 3.05) is 38.1 Å². The van der Waals surface area contributed by atoms with Gasteiger partial charge in [0, 0.05) is 51.5 Å². The SMILES string of the molecule is CN(C(=O)OC(C)(C)C)C1CCN(Cc2ccc(C(F)(F)F)cc2N2CCCC2)CC1. The van der Waals surface area contributed by atoms with Gasteiger partial charge in [-0.05, 0) is 64.2 Å². The van der Waals surface area contributed by atoms with Crippen LogP contribution < -0.4 is 4.90 Å². The lowest BCUT2D eigenvalue weighted by molar-refractivity contribution is -0.137. The van der Waals surface area contributed by atoms with Gasteiger partial charge >= 0.3 is 12.3 Å². The van der Waals surface area contributed by atoms with Gasteiger partial charge in [-0.1, -0.05) is 6.07 Å². The molecule has 1 aromatic carbocycles. The van der Waals surface area contributed by atoms with Crippen molar-refractivity contribution in [2.24, 2.45) is 0 Å². The number of hydrogen-bond acceptors (Lipinski definition) is 4. The molecule has 0 bridgehead atoms. The molecule has 1 amide bonds. The molecule has 0 aliphatic carbocycles. The van der Waals surface area contributed by atoms with Crippen LogP contribution in [-0.4, -0.2) is 60.8 Å². The third-order valence-electron chi connectivity index (χ3n) is 6.04. The maximum absolute atomic E-state index is 13.3. The van der Waals surface area contributed by atoms with Gasteiger partial charge in [-0.2, -0.15) is 13.2 Å². The smallest absolute Gasteiger partial charge is 0.416 e. The molecule has 0 unspecified atom stereocenters. The fourth-order valence-electron chi connectivity index (χ4n) is 4.31. The maximum Gasteiger partial charge on any atom is 0.416 e.